The lowest BCUT2D eigenvalue weighted by atomic mass is 10.00. The highest BCUT2D eigenvalue weighted by atomic mass is 32.2. The highest BCUT2D eigenvalue weighted by Crippen LogP contribution is 2.36. The third kappa shape index (κ3) is 6.87. The maximum Gasteiger partial charge on any atom is 0.416 e. The van der Waals surface area contributed by atoms with E-state index in [1.54, 1.807) is 28.8 Å². The Morgan fingerprint density at radius 2 is 1.78 bits per heavy atom. The Morgan fingerprint density at radius 1 is 1.00 bits per heavy atom. The molecule has 2 amide bonds. The van der Waals surface area contributed by atoms with Gasteiger partial charge in [-0.05, 0) is 53.6 Å². The largest absolute Gasteiger partial charge is 0.416 e. The maximum absolute atomic E-state index is 13.7. The van der Waals surface area contributed by atoms with Gasteiger partial charge in [0.2, 0.25) is 0 Å². The van der Waals surface area contributed by atoms with Gasteiger partial charge in [-0.2, -0.15) is 18.3 Å². The fraction of sp³-hybridized carbons (Fsp3) is 0.194. The van der Waals surface area contributed by atoms with Crippen LogP contribution in [0.2, 0.25) is 0 Å². The molecule has 0 fully saturated rings. The van der Waals surface area contributed by atoms with Crippen LogP contribution >= 0.6 is 34.4 Å². The van der Waals surface area contributed by atoms with E-state index in [0.29, 0.717) is 11.3 Å². The Labute approximate surface area is 268 Å². The predicted octanol–water partition coefficient (Wildman–Crippen LogP) is 7.12. The van der Waals surface area contributed by atoms with Crippen molar-refractivity contribution in [3.8, 4) is 5.69 Å². The molecule has 0 bridgehead atoms. The molecule has 1 aliphatic heterocycles. The van der Waals surface area contributed by atoms with E-state index in [1.165, 1.54) is 33.0 Å². The molecule has 0 unspecified atom stereocenters. The van der Waals surface area contributed by atoms with Crippen LogP contribution in [0.1, 0.15) is 49.5 Å². The summed E-state index contributed by atoms with van der Waals surface area (Å²) in [6.07, 6.45) is -4.02. The SMILES string of the molecule is Cc1ccc([C@H]2CC(c3cccs3)=NN2C(=O)CSc2nnc(CNC(=O)c3cccs3)n2-c2cccc(C(F)(F)F)c2)cc1. The van der Waals surface area contributed by atoms with Gasteiger partial charge in [0.15, 0.2) is 11.0 Å². The van der Waals surface area contributed by atoms with E-state index in [2.05, 4.69) is 15.5 Å². The summed E-state index contributed by atoms with van der Waals surface area (Å²) >= 11 is 3.85. The van der Waals surface area contributed by atoms with E-state index >= 15 is 0 Å². The number of amides is 2. The molecule has 0 saturated heterocycles. The molecule has 0 spiro atoms. The first kappa shape index (κ1) is 30.7. The number of hydrogen-bond acceptors (Lipinski definition) is 8. The van der Waals surface area contributed by atoms with Crippen molar-refractivity contribution in [1.82, 2.24) is 25.1 Å². The number of rotatable bonds is 9. The van der Waals surface area contributed by atoms with Crippen molar-refractivity contribution in [3.63, 3.8) is 0 Å². The zero-order valence-corrected chi connectivity index (χ0v) is 26.1. The van der Waals surface area contributed by atoms with Gasteiger partial charge in [0, 0.05) is 6.42 Å². The number of aryl methyl sites for hydroxylation is 1. The third-order valence-electron chi connectivity index (χ3n) is 7.04. The van der Waals surface area contributed by atoms with Gasteiger partial charge in [-0.15, -0.1) is 32.9 Å². The van der Waals surface area contributed by atoms with Crippen molar-refractivity contribution in [2.45, 2.75) is 37.3 Å². The first-order chi connectivity index (χ1) is 21.7. The van der Waals surface area contributed by atoms with Crippen LogP contribution < -0.4 is 5.32 Å². The van der Waals surface area contributed by atoms with E-state index < -0.39 is 11.7 Å². The molecular weight excluding hydrogens is 642 g/mol. The molecule has 6 rings (SSSR count). The summed E-state index contributed by atoms with van der Waals surface area (Å²) in [4.78, 5) is 27.8. The molecule has 0 saturated carbocycles. The molecule has 2 aromatic carbocycles. The van der Waals surface area contributed by atoms with E-state index in [1.807, 2.05) is 48.7 Å². The second kappa shape index (κ2) is 13.0. The minimum Gasteiger partial charge on any atom is -0.344 e. The number of carbonyl (C=O) groups is 2. The fourth-order valence-corrected chi connectivity index (χ4v) is 7.00. The first-order valence-electron chi connectivity index (χ1n) is 13.7. The maximum atomic E-state index is 13.7. The number of nitrogens with zero attached hydrogens (tertiary/aromatic N) is 5. The molecular formula is C31H25F3N6O2S3. The topological polar surface area (TPSA) is 92.5 Å². The number of aromatic nitrogens is 3. The molecule has 5 aromatic rings. The van der Waals surface area contributed by atoms with Crippen molar-refractivity contribution < 1.29 is 22.8 Å². The average Bonchev–Trinajstić information content (AvgIpc) is 3.85. The highest BCUT2D eigenvalue weighted by Gasteiger charge is 2.34. The van der Waals surface area contributed by atoms with Gasteiger partial charge in [0.25, 0.3) is 11.8 Å². The van der Waals surface area contributed by atoms with E-state index in [4.69, 9.17) is 5.10 Å². The molecule has 1 N–H and O–H groups in total. The zero-order chi connectivity index (χ0) is 31.6. The molecule has 8 nitrogen and oxygen atoms in total. The van der Waals surface area contributed by atoms with Crippen LogP contribution in [-0.4, -0.2) is 43.1 Å². The zero-order valence-electron chi connectivity index (χ0n) is 23.7. The summed E-state index contributed by atoms with van der Waals surface area (Å²) in [5, 5.41) is 21.3. The monoisotopic (exact) mass is 666 g/mol. The molecule has 1 aliphatic rings. The lowest BCUT2D eigenvalue weighted by Gasteiger charge is -2.22. The minimum atomic E-state index is -4.57. The third-order valence-corrected chi connectivity index (χ3v) is 9.74. The van der Waals surface area contributed by atoms with Crippen LogP contribution in [0.3, 0.4) is 0 Å². The number of halogens is 3. The Bertz CT molecular complexity index is 1830. The van der Waals surface area contributed by atoms with Crippen molar-refractivity contribution in [1.29, 1.82) is 0 Å². The number of nitrogens with one attached hydrogen (secondary N) is 1. The van der Waals surface area contributed by atoms with Crippen LogP contribution in [0, 0.1) is 6.92 Å². The van der Waals surface area contributed by atoms with Crippen LogP contribution in [-0.2, 0) is 17.5 Å². The van der Waals surface area contributed by atoms with Crippen LogP contribution in [0.5, 0.6) is 0 Å². The second-order valence-corrected chi connectivity index (χ2v) is 13.0. The molecule has 4 heterocycles. The standard InChI is InChI=1S/C31H25F3N6O2S3/c1-19-9-11-20(12-10-19)24-16-23(25-7-3-13-43-25)38-40(24)28(41)18-45-30-37-36-27(17-35-29(42)26-8-4-14-44-26)39(30)22-6-2-5-21(15-22)31(32,33)34/h2-15,24H,16-18H2,1H3,(H,35,42)/t24-/m1/s1. The van der Waals surface area contributed by atoms with Crippen molar-refractivity contribution in [2.75, 3.05) is 5.75 Å². The van der Waals surface area contributed by atoms with Gasteiger partial charge < -0.3 is 5.32 Å². The summed E-state index contributed by atoms with van der Waals surface area (Å²) in [6, 6.07) is 19.7. The van der Waals surface area contributed by atoms with Crippen molar-refractivity contribution >= 4 is 52.0 Å². The minimum absolute atomic E-state index is 0.0927. The lowest BCUT2D eigenvalue weighted by molar-refractivity contribution is -0.137. The average molecular weight is 667 g/mol. The quantitative estimate of drug-likeness (QED) is 0.169. The number of thioether (sulfide) groups is 1. The van der Waals surface area contributed by atoms with Crippen LogP contribution in [0.15, 0.2) is 93.8 Å². The number of carbonyl (C=O) groups excluding carboxylic acids is 2. The Morgan fingerprint density at radius 3 is 2.49 bits per heavy atom. The fourth-order valence-electron chi connectivity index (χ4n) is 4.82. The summed E-state index contributed by atoms with van der Waals surface area (Å²) in [5.74, 6) is -0.514. The number of hydrogen-bond donors (Lipinski definition) is 1. The van der Waals surface area contributed by atoms with Crippen LogP contribution in [0.4, 0.5) is 13.2 Å². The number of thiophene rings is 2. The molecule has 45 heavy (non-hydrogen) atoms. The normalized spacial score (nSPS) is 14.9. The Kier molecular flexibility index (Phi) is 8.88. The first-order valence-corrected chi connectivity index (χ1v) is 16.5. The Hall–Kier alpha value is -4.27. The molecule has 3 aromatic heterocycles. The molecule has 14 heteroatoms. The Balaban J connectivity index is 1.27. The number of alkyl halides is 3. The lowest BCUT2D eigenvalue weighted by Crippen LogP contribution is -2.28. The van der Waals surface area contributed by atoms with Crippen molar-refractivity contribution in [3.05, 3.63) is 116 Å². The molecule has 230 valence electrons. The van der Waals surface area contributed by atoms with Crippen LogP contribution in [0.25, 0.3) is 5.69 Å². The number of hydrazone groups is 1. The summed E-state index contributed by atoms with van der Waals surface area (Å²) in [7, 11) is 0. The van der Waals surface area contributed by atoms with Crippen molar-refractivity contribution in [2.24, 2.45) is 5.10 Å². The smallest absolute Gasteiger partial charge is 0.344 e. The number of benzene rings is 2. The summed E-state index contributed by atoms with van der Waals surface area (Å²) < 4.78 is 42.3. The van der Waals surface area contributed by atoms with E-state index in [-0.39, 0.29) is 46.8 Å². The van der Waals surface area contributed by atoms with Gasteiger partial charge >= 0.3 is 6.18 Å². The predicted molar refractivity (Wildman–Crippen MR) is 169 cm³/mol. The van der Waals surface area contributed by atoms with E-state index in [0.717, 1.165) is 45.6 Å². The molecule has 1 atom stereocenters. The van der Waals surface area contributed by atoms with Gasteiger partial charge in [0.05, 0.1) is 45.1 Å². The second-order valence-electron chi connectivity index (χ2n) is 10.1. The van der Waals surface area contributed by atoms with Gasteiger partial charge in [-0.1, -0.05) is 59.8 Å². The highest BCUT2D eigenvalue weighted by molar-refractivity contribution is 7.99. The molecule has 0 aliphatic carbocycles. The van der Waals surface area contributed by atoms with E-state index in [9.17, 15) is 22.8 Å². The molecule has 0 radical (unpaired) electrons. The van der Waals surface area contributed by atoms with Gasteiger partial charge in [-0.25, -0.2) is 5.01 Å². The van der Waals surface area contributed by atoms with Gasteiger partial charge in [0.1, 0.15) is 0 Å². The summed E-state index contributed by atoms with van der Waals surface area (Å²) in [6.45, 7) is 1.90. The van der Waals surface area contributed by atoms with Gasteiger partial charge in [-0.3, -0.25) is 14.2 Å². The summed E-state index contributed by atoms with van der Waals surface area (Å²) in [5.41, 5.74) is 2.17.